The molecule has 1 unspecified atom stereocenters. The first-order valence-electron chi connectivity index (χ1n) is 9.96. The molecule has 4 heterocycles. The van der Waals surface area contributed by atoms with Crippen LogP contribution in [0.3, 0.4) is 0 Å². The van der Waals surface area contributed by atoms with Gasteiger partial charge in [-0.05, 0) is 68.7 Å². The Labute approximate surface area is 154 Å². The van der Waals surface area contributed by atoms with Crippen LogP contribution in [0.15, 0.2) is 18.3 Å². The summed E-state index contributed by atoms with van der Waals surface area (Å²) in [6.07, 6.45) is 7.94. The predicted octanol–water partition coefficient (Wildman–Crippen LogP) is 1.82. The Hall–Kier alpha value is -1.95. The Kier molecular flexibility index (Phi) is 5.20. The van der Waals surface area contributed by atoms with E-state index in [-0.39, 0.29) is 17.7 Å². The molecule has 0 radical (unpaired) electrons. The molecule has 2 amide bonds. The molecule has 3 aliphatic heterocycles. The van der Waals surface area contributed by atoms with Crippen molar-refractivity contribution >= 4 is 17.6 Å². The van der Waals surface area contributed by atoms with Crippen LogP contribution < -0.4 is 15.5 Å². The minimum atomic E-state index is -0.250. The second-order valence-corrected chi connectivity index (χ2v) is 7.87. The summed E-state index contributed by atoms with van der Waals surface area (Å²) in [6, 6.07) is 4.03. The molecule has 4 rings (SSSR count). The lowest BCUT2D eigenvalue weighted by atomic mass is 9.79. The van der Waals surface area contributed by atoms with Crippen LogP contribution in [0.5, 0.6) is 0 Å². The van der Waals surface area contributed by atoms with Crippen LogP contribution in [0.1, 0.15) is 50.0 Å². The summed E-state index contributed by atoms with van der Waals surface area (Å²) in [7, 11) is 0. The first kappa shape index (κ1) is 17.5. The zero-order chi connectivity index (χ0) is 17.9. The molecule has 3 saturated heterocycles. The molecule has 1 aromatic heterocycles. The van der Waals surface area contributed by atoms with E-state index >= 15 is 0 Å². The average Bonchev–Trinajstić information content (AvgIpc) is 2.69. The number of hydrogen-bond donors (Lipinski definition) is 2. The van der Waals surface area contributed by atoms with Gasteiger partial charge in [0.25, 0.3) is 0 Å². The third kappa shape index (κ3) is 3.75. The monoisotopic (exact) mass is 356 g/mol. The van der Waals surface area contributed by atoms with Gasteiger partial charge >= 0.3 is 0 Å². The third-order valence-electron chi connectivity index (χ3n) is 6.33. The van der Waals surface area contributed by atoms with E-state index in [0.717, 1.165) is 36.3 Å². The maximum absolute atomic E-state index is 12.0. The summed E-state index contributed by atoms with van der Waals surface area (Å²) in [5.74, 6) is 2.13. The molecule has 140 valence electrons. The Morgan fingerprint density at radius 2 is 1.69 bits per heavy atom. The summed E-state index contributed by atoms with van der Waals surface area (Å²) >= 11 is 0. The van der Waals surface area contributed by atoms with Crippen molar-refractivity contribution in [3.63, 3.8) is 0 Å². The fourth-order valence-electron chi connectivity index (χ4n) is 4.72. The van der Waals surface area contributed by atoms with Gasteiger partial charge in [-0.1, -0.05) is 6.07 Å². The van der Waals surface area contributed by atoms with Gasteiger partial charge < -0.3 is 10.2 Å². The lowest BCUT2D eigenvalue weighted by Gasteiger charge is -2.38. The molecule has 0 saturated carbocycles. The number of piperidine rings is 3. The second kappa shape index (κ2) is 7.74. The predicted molar refractivity (Wildman–Crippen MR) is 99.9 cm³/mol. The normalized spacial score (nSPS) is 26.0. The van der Waals surface area contributed by atoms with E-state index in [2.05, 4.69) is 20.5 Å². The molecule has 3 fully saturated rings. The van der Waals surface area contributed by atoms with Crippen LogP contribution in [0, 0.1) is 11.8 Å². The number of rotatable bonds is 3. The highest BCUT2D eigenvalue weighted by Gasteiger charge is 2.30. The Balaban J connectivity index is 1.34. The maximum Gasteiger partial charge on any atom is 0.234 e. The fourth-order valence-corrected chi connectivity index (χ4v) is 4.72. The van der Waals surface area contributed by atoms with Crippen molar-refractivity contribution < 1.29 is 9.59 Å². The van der Waals surface area contributed by atoms with Gasteiger partial charge in [0.15, 0.2) is 0 Å². The van der Waals surface area contributed by atoms with Gasteiger partial charge in [-0.2, -0.15) is 0 Å². The average molecular weight is 356 g/mol. The molecule has 3 aliphatic rings. The first-order chi connectivity index (χ1) is 12.7. The topological polar surface area (TPSA) is 74.3 Å². The van der Waals surface area contributed by atoms with E-state index < -0.39 is 0 Å². The number of carbonyl (C=O) groups is 2. The first-order valence-corrected chi connectivity index (χ1v) is 9.96. The summed E-state index contributed by atoms with van der Waals surface area (Å²) in [4.78, 5) is 30.3. The number of carbonyl (C=O) groups excluding carboxylic acids is 2. The van der Waals surface area contributed by atoms with Gasteiger partial charge in [0, 0.05) is 25.7 Å². The number of amides is 2. The van der Waals surface area contributed by atoms with E-state index in [1.165, 1.54) is 38.8 Å². The van der Waals surface area contributed by atoms with Crippen molar-refractivity contribution in [2.75, 3.05) is 31.1 Å². The zero-order valence-electron chi connectivity index (χ0n) is 15.2. The highest BCUT2D eigenvalue weighted by molar-refractivity contribution is 6.00. The lowest BCUT2D eigenvalue weighted by Crippen LogP contribution is -2.40. The summed E-state index contributed by atoms with van der Waals surface area (Å²) in [5.41, 5.74) is 0.906. The molecule has 2 N–H and O–H groups in total. The van der Waals surface area contributed by atoms with Crippen LogP contribution in [-0.2, 0) is 9.59 Å². The smallest absolute Gasteiger partial charge is 0.234 e. The van der Waals surface area contributed by atoms with E-state index in [0.29, 0.717) is 12.8 Å². The maximum atomic E-state index is 12.0. The SMILES string of the molecule is O=C1CCC(c2ccc(N3CCC(C4CCNCC4)CC3)nc2)C(=O)N1. The van der Waals surface area contributed by atoms with Gasteiger partial charge in [-0.25, -0.2) is 4.98 Å². The Morgan fingerprint density at radius 3 is 2.35 bits per heavy atom. The quantitative estimate of drug-likeness (QED) is 0.808. The van der Waals surface area contributed by atoms with Crippen LogP contribution in [0.4, 0.5) is 5.82 Å². The highest BCUT2D eigenvalue weighted by Crippen LogP contribution is 2.32. The lowest BCUT2D eigenvalue weighted by molar-refractivity contribution is -0.134. The molecular formula is C20H28N4O2. The molecule has 1 atom stereocenters. The van der Waals surface area contributed by atoms with Crippen molar-refractivity contribution in [1.82, 2.24) is 15.6 Å². The minimum Gasteiger partial charge on any atom is -0.357 e. The highest BCUT2D eigenvalue weighted by atomic mass is 16.2. The van der Waals surface area contributed by atoms with Crippen LogP contribution in [-0.4, -0.2) is 43.0 Å². The van der Waals surface area contributed by atoms with Crippen LogP contribution in [0.25, 0.3) is 0 Å². The zero-order valence-corrected chi connectivity index (χ0v) is 15.2. The van der Waals surface area contributed by atoms with E-state index in [9.17, 15) is 9.59 Å². The summed E-state index contributed by atoms with van der Waals surface area (Å²) in [5, 5.41) is 5.88. The Bertz CT molecular complexity index is 646. The van der Waals surface area contributed by atoms with Gasteiger partial charge in [0.1, 0.15) is 5.82 Å². The van der Waals surface area contributed by atoms with Crippen molar-refractivity contribution in [1.29, 1.82) is 0 Å². The summed E-state index contributed by atoms with van der Waals surface area (Å²) < 4.78 is 0. The number of imide groups is 1. The molecule has 0 aliphatic carbocycles. The molecule has 6 heteroatoms. The molecule has 0 spiro atoms. The molecule has 6 nitrogen and oxygen atoms in total. The van der Waals surface area contributed by atoms with Crippen LogP contribution >= 0.6 is 0 Å². The second-order valence-electron chi connectivity index (χ2n) is 7.87. The third-order valence-corrected chi connectivity index (χ3v) is 6.33. The molecule has 0 aromatic carbocycles. The van der Waals surface area contributed by atoms with Gasteiger partial charge in [0.2, 0.25) is 11.8 Å². The van der Waals surface area contributed by atoms with Crippen molar-refractivity contribution in [3.8, 4) is 0 Å². The number of pyridine rings is 1. The van der Waals surface area contributed by atoms with Crippen LogP contribution in [0.2, 0.25) is 0 Å². The van der Waals surface area contributed by atoms with E-state index in [1.807, 2.05) is 18.3 Å². The Morgan fingerprint density at radius 1 is 0.962 bits per heavy atom. The van der Waals surface area contributed by atoms with Crippen molar-refractivity contribution in [2.45, 2.75) is 44.4 Å². The number of nitrogens with zero attached hydrogens (tertiary/aromatic N) is 2. The number of nitrogens with one attached hydrogen (secondary N) is 2. The van der Waals surface area contributed by atoms with Gasteiger partial charge in [-0.3, -0.25) is 14.9 Å². The van der Waals surface area contributed by atoms with E-state index in [1.54, 1.807) is 0 Å². The molecular weight excluding hydrogens is 328 g/mol. The minimum absolute atomic E-state index is 0.174. The fraction of sp³-hybridized carbons (Fsp3) is 0.650. The van der Waals surface area contributed by atoms with Gasteiger partial charge in [-0.15, -0.1) is 0 Å². The summed E-state index contributed by atoms with van der Waals surface area (Å²) in [6.45, 7) is 4.49. The van der Waals surface area contributed by atoms with Gasteiger partial charge in [0.05, 0.1) is 5.92 Å². The van der Waals surface area contributed by atoms with Crippen molar-refractivity contribution in [3.05, 3.63) is 23.9 Å². The number of hydrogen-bond acceptors (Lipinski definition) is 5. The van der Waals surface area contributed by atoms with E-state index in [4.69, 9.17) is 0 Å². The molecule has 1 aromatic rings. The number of anilines is 1. The molecule has 0 bridgehead atoms. The molecule has 26 heavy (non-hydrogen) atoms. The standard InChI is InChI=1S/C20H28N4O2/c25-19-4-2-17(20(26)23-19)16-1-3-18(22-13-16)24-11-7-15(8-12-24)14-5-9-21-10-6-14/h1,3,13-15,17,21H,2,4-12H2,(H,23,25,26). The largest absolute Gasteiger partial charge is 0.357 e. The van der Waals surface area contributed by atoms with Crippen molar-refractivity contribution in [2.24, 2.45) is 11.8 Å². The number of aromatic nitrogens is 1.